The molecule has 1 aromatic carbocycles. The molecule has 0 atom stereocenters. The molecule has 1 aromatic rings. The van der Waals surface area contributed by atoms with Crippen LogP contribution in [0, 0.1) is 0 Å². The zero-order valence-electron chi connectivity index (χ0n) is 12.2. The number of piperidine rings is 1. The standard InChI is InChI=1S/C16H23ClN2O2/c17-14-3-1-13(2-4-14)5-11-19-16(20)8-12-21-15-6-9-18-10-7-15/h1-4,15,18H,5-12H2,(H,19,20). The fraction of sp³-hybridized carbons (Fsp3) is 0.562. The van der Waals surface area contributed by atoms with Gasteiger partial charge in [0, 0.05) is 18.0 Å². The molecule has 0 saturated carbocycles. The average Bonchev–Trinajstić information content (AvgIpc) is 2.50. The van der Waals surface area contributed by atoms with Gasteiger partial charge in [-0.2, -0.15) is 0 Å². The maximum atomic E-state index is 11.7. The van der Waals surface area contributed by atoms with E-state index < -0.39 is 0 Å². The van der Waals surface area contributed by atoms with Crippen molar-refractivity contribution in [3.63, 3.8) is 0 Å². The number of hydrogen-bond acceptors (Lipinski definition) is 3. The van der Waals surface area contributed by atoms with E-state index in [-0.39, 0.29) is 5.91 Å². The van der Waals surface area contributed by atoms with Crippen LogP contribution in [0.1, 0.15) is 24.8 Å². The summed E-state index contributed by atoms with van der Waals surface area (Å²) in [5.41, 5.74) is 1.17. The highest BCUT2D eigenvalue weighted by Gasteiger charge is 2.13. The first-order valence-electron chi connectivity index (χ1n) is 7.57. The second-order valence-electron chi connectivity index (χ2n) is 5.30. The van der Waals surface area contributed by atoms with E-state index in [9.17, 15) is 4.79 Å². The first-order chi connectivity index (χ1) is 10.2. The zero-order valence-corrected chi connectivity index (χ0v) is 13.0. The summed E-state index contributed by atoms with van der Waals surface area (Å²) in [4.78, 5) is 11.7. The maximum Gasteiger partial charge on any atom is 0.222 e. The van der Waals surface area contributed by atoms with Gasteiger partial charge in [-0.15, -0.1) is 0 Å². The molecular weight excluding hydrogens is 288 g/mol. The van der Waals surface area contributed by atoms with Gasteiger partial charge in [-0.05, 0) is 50.0 Å². The lowest BCUT2D eigenvalue weighted by atomic mass is 10.1. The predicted molar refractivity (Wildman–Crippen MR) is 84.6 cm³/mol. The molecule has 1 aliphatic heterocycles. The number of nitrogens with one attached hydrogen (secondary N) is 2. The minimum atomic E-state index is 0.0536. The molecule has 0 radical (unpaired) electrons. The van der Waals surface area contributed by atoms with Crippen LogP contribution in [0.15, 0.2) is 24.3 Å². The molecule has 21 heavy (non-hydrogen) atoms. The van der Waals surface area contributed by atoms with E-state index in [4.69, 9.17) is 16.3 Å². The maximum absolute atomic E-state index is 11.7. The van der Waals surface area contributed by atoms with E-state index in [0.717, 1.165) is 37.4 Å². The van der Waals surface area contributed by atoms with Gasteiger partial charge in [0.05, 0.1) is 12.7 Å². The molecule has 2 N–H and O–H groups in total. The largest absolute Gasteiger partial charge is 0.378 e. The topological polar surface area (TPSA) is 50.4 Å². The Labute approximate surface area is 131 Å². The Bertz CT molecular complexity index is 430. The van der Waals surface area contributed by atoms with Crippen molar-refractivity contribution < 1.29 is 9.53 Å². The van der Waals surface area contributed by atoms with Gasteiger partial charge in [0.25, 0.3) is 0 Å². The van der Waals surface area contributed by atoms with Crippen molar-refractivity contribution in [2.24, 2.45) is 0 Å². The van der Waals surface area contributed by atoms with Crippen molar-refractivity contribution in [2.45, 2.75) is 31.8 Å². The third-order valence-corrected chi connectivity index (χ3v) is 3.87. The fourth-order valence-electron chi connectivity index (χ4n) is 2.37. The van der Waals surface area contributed by atoms with Crippen molar-refractivity contribution in [3.05, 3.63) is 34.9 Å². The lowest BCUT2D eigenvalue weighted by Gasteiger charge is -2.22. The van der Waals surface area contributed by atoms with Crippen LogP contribution < -0.4 is 10.6 Å². The highest BCUT2D eigenvalue weighted by molar-refractivity contribution is 6.30. The third-order valence-electron chi connectivity index (χ3n) is 3.62. The Morgan fingerprint density at radius 2 is 2.00 bits per heavy atom. The van der Waals surface area contributed by atoms with Crippen LogP contribution in [0.3, 0.4) is 0 Å². The van der Waals surface area contributed by atoms with Gasteiger partial charge in [0.1, 0.15) is 0 Å². The lowest BCUT2D eigenvalue weighted by Crippen LogP contribution is -2.33. The summed E-state index contributed by atoms with van der Waals surface area (Å²) in [6.45, 7) is 3.18. The van der Waals surface area contributed by atoms with Gasteiger partial charge < -0.3 is 15.4 Å². The van der Waals surface area contributed by atoms with Gasteiger partial charge in [-0.3, -0.25) is 4.79 Å². The molecule has 0 unspecified atom stereocenters. The van der Waals surface area contributed by atoms with Crippen molar-refractivity contribution >= 4 is 17.5 Å². The molecule has 0 aromatic heterocycles. The number of ether oxygens (including phenoxy) is 1. The number of hydrogen-bond donors (Lipinski definition) is 2. The quantitative estimate of drug-likeness (QED) is 0.811. The molecule has 5 heteroatoms. The first-order valence-corrected chi connectivity index (χ1v) is 7.95. The van der Waals surface area contributed by atoms with Crippen LogP contribution in [-0.4, -0.2) is 38.3 Å². The number of carbonyl (C=O) groups is 1. The van der Waals surface area contributed by atoms with Gasteiger partial charge in [-0.1, -0.05) is 23.7 Å². The van der Waals surface area contributed by atoms with E-state index in [1.807, 2.05) is 24.3 Å². The number of benzene rings is 1. The summed E-state index contributed by atoms with van der Waals surface area (Å²) in [6, 6.07) is 7.70. The van der Waals surface area contributed by atoms with Gasteiger partial charge in [0.2, 0.25) is 5.91 Å². The first kappa shape index (κ1) is 16.3. The van der Waals surface area contributed by atoms with E-state index >= 15 is 0 Å². The van der Waals surface area contributed by atoms with E-state index in [1.54, 1.807) is 0 Å². The van der Waals surface area contributed by atoms with Crippen LogP contribution >= 0.6 is 11.6 Å². The average molecular weight is 311 g/mol. The lowest BCUT2D eigenvalue weighted by molar-refractivity contribution is -0.122. The number of amides is 1. The number of halogens is 1. The SMILES string of the molecule is O=C(CCOC1CCNCC1)NCCc1ccc(Cl)cc1. The van der Waals surface area contributed by atoms with Crippen molar-refractivity contribution in [3.8, 4) is 0 Å². The normalized spacial score (nSPS) is 15.9. The summed E-state index contributed by atoms with van der Waals surface area (Å²) < 4.78 is 5.72. The third kappa shape index (κ3) is 6.46. The smallest absolute Gasteiger partial charge is 0.222 e. The molecule has 1 aliphatic rings. The highest BCUT2D eigenvalue weighted by Crippen LogP contribution is 2.09. The van der Waals surface area contributed by atoms with Crippen LogP contribution in [0.5, 0.6) is 0 Å². The molecule has 0 spiro atoms. The van der Waals surface area contributed by atoms with Crippen LogP contribution in [-0.2, 0) is 16.0 Å². The summed E-state index contributed by atoms with van der Waals surface area (Å²) in [5, 5.41) is 6.95. The highest BCUT2D eigenvalue weighted by atomic mass is 35.5. The van der Waals surface area contributed by atoms with Crippen molar-refractivity contribution in [2.75, 3.05) is 26.2 Å². The molecule has 4 nitrogen and oxygen atoms in total. The summed E-state index contributed by atoms with van der Waals surface area (Å²) in [5.74, 6) is 0.0536. The van der Waals surface area contributed by atoms with Crippen LogP contribution in [0.4, 0.5) is 0 Å². The molecule has 1 fully saturated rings. The van der Waals surface area contributed by atoms with E-state index in [2.05, 4.69) is 10.6 Å². The molecule has 0 aliphatic carbocycles. The molecule has 1 heterocycles. The number of carbonyl (C=O) groups excluding carboxylic acids is 1. The van der Waals surface area contributed by atoms with Crippen LogP contribution in [0.25, 0.3) is 0 Å². The Morgan fingerprint density at radius 1 is 1.29 bits per heavy atom. The van der Waals surface area contributed by atoms with E-state index in [1.165, 1.54) is 5.56 Å². The molecule has 1 amide bonds. The molecule has 116 valence electrons. The minimum absolute atomic E-state index is 0.0536. The molecule has 0 bridgehead atoms. The van der Waals surface area contributed by atoms with Crippen molar-refractivity contribution in [1.82, 2.24) is 10.6 Å². The Hall–Kier alpha value is -1.10. The second kappa shape index (κ2) is 9.03. The molecular formula is C16H23ClN2O2. The molecule has 1 saturated heterocycles. The Morgan fingerprint density at radius 3 is 2.71 bits per heavy atom. The van der Waals surface area contributed by atoms with Crippen LogP contribution in [0.2, 0.25) is 5.02 Å². The monoisotopic (exact) mass is 310 g/mol. The molecule has 2 rings (SSSR count). The van der Waals surface area contributed by atoms with E-state index in [0.29, 0.717) is 25.7 Å². The summed E-state index contributed by atoms with van der Waals surface area (Å²) >= 11 is 5.83. The Balaban J connectivity index is 1.54. The van der Waals surface area contributed by atoms with Crippen molar-refractivity contribution in [1.29, 1.82) is 0 Å². The summed E-state index contributed by atoms with van der Waals surface area (Å²) in [7, 11) is 0. The van der Waals surface area contributed by atoms with Gasteiger partial charge >= 0.3 is 0 Å². The summed E-state index contributed by atoms with van der Waals surface area (Å²) in [6.07, 6.45) is 3.65. The minimum Gasteiger partial charge on any atom is -0.378 e. The number of rotatable bonds is 7. The zero-order chi connectivity index (χ0) is 14.9. The predicted octanol–water partition coefficient (Wildman–Crippen LogP) is 2.16. The van der Waals surface area contributed by atoms with Gasteiger partial charge in [0.15, 0.2) is 0 Å². The second-order valence-corrected chi connectivity index (χ2v) is 5.73. The van der Waals surface area contributed by atoms with Gasteiger partial charge in [-0.25, -0.2) is 0 Å². The fourth-order valence-corrected chi connectivity index (χ4v) is 2.49. The Kier molecular flexibility index (Phi) is 7.00.